The molecule has 0 atom stereocenters. The normalized spacial score (nSPS) is 14.4. The predicted octanol–water partition coefficient (Wildman–Crippen LogP) is 4.00. The van der Waals surface area contributed by atoms with E-state index in [1.807, 2.05) is 18.3 Å². The summed E-state index contributed by atoms with van der Waals surface area (Å²) in [7, 11) is 0. The van der Waals surface area contributed by atoms with Gasteiger partial charge in [-0.15, -0.1) is 24.0 Å². The molecule has 1 N–H and O–H groups in total. The van der Waals surface area contributed by atoms with Crippen LogP contribution in [-0.4, -0.2) is 42.0 Å². The van der Waals surface area contributed by atoms with Crippen molar-refractivity contribution in [3.63, 3.8) is 0 Å². The second kappa shape index (κ2) is 11.0. The average Bonchev–Trinajstić information content (AvgIpc) is 2.69. The molecule has 2 heterocycles. The molecule has 0 aliphatic carbocycles. The van der Waals surface area contributed by atoms with Gasteiger partial charge in [-0.2, -0.15) is 0 Å². The zero-order valence-electron chi connectivity index (χ0n) is 15.3. The second-order valence-corrected chi connectivity index (χ2v) is 6.10. The Balaban J connectivity index is 0.00000243. The lowest BCUT2D eigenvalue weighted by Gasteiger charge is -2.30. The van der Waals surface area contributed by atoms with E-state index in [0.717, 1.165) is 50.7 Å². The van der Waals surface area contributed by atoms with Gasteiger partial charge < -0.3 is 10.2 Å². The number of aromatic nitrogens is 1. The maximum absolute atomic E-state index is 4.79. The van der Waals surface area contributed by atoms with Crippen molar-refractivity contribution in [1.82, 2.24) is 15.2 Å². The zero-order valence-corrected chi connectivity index (χ0v) is 17.6. The van der Waals surface area contributed by atoms with Gasteiger partial charge in [-0.05, 0) is 36.6 Å². The summed E-state index contributed by atoms with van der Waals surface area (Å²) in [6, 6.07) is 16.7. The van der Waals surface area contributed by atoms with Crippen LogP contribution in [0, 0.1) is 0 Å². The van der Waals surface area contributed by atoms with Crippen LogP contribution in [0.3, 0.4) is 0 Å². The van der Waals surface area contributed by atoms with E-state index in [-0.39, 0.29) is 24.0 Å². The molecule has 1 aromatic carbocycles. The molecule has 4 nitrogen and oxygen atoms in total. The first-order valence-corrected chi connectivity index (χ1v) is 9.04. The Morgan fingerprint density at radius 2 is 1.96 bits per heavy atom. The van der Waals surface area contributed by atoms with Crippen molar-refractivity contribution in [1.29, 1.82) is 0 Å². The molecule has 0 saturated heterocycles. The van der Waals surface area contributed by atoms with Crippen LogP contribution in [0.4, 0.5) is 0 Å². The second-order valence-electron chi connectivity index (χ2n) is 6.10. The highest BCUT2D eigenvalue weighted by molar-refractivity contribution is 14.0. The van der Waals surface area contributed by atoms with Crippen LogP contribution in [0.5, 0.6) is 0 Å². The molecule has 138 valence electrons. The van der Waals surface area contributed by atoms with Gasteiger partial charge in [0, 0.05) is 44.5 Å². The third kappa shape index (κ3) is 5.83. The fourth-order valence-electron chi connectivity index (χ4n) is 3.02. The first-order chi connectivity index (χ1) is 12.4. The van der Waals surface area contributed by atoms with Crippen molar-refractivity contribution >= 4 is 35.5 Å². The highest BCUT2D eigenvalue weighted by Crippen LogP contribution is 2.21. The lowest BCUT2D eigenvalue weighted by Crippen LogP contribution is -2.43. The summed E-state index contributed by atoms with van der Waals surface area (Å²) in [4.78, 5) is 11.5. The number of rotatable bonds is 5. The third-order valence-electron chi connectivity index (χ3n) is 4.34. The smallest absolute Gasteiger partial charge is 0.194 e. The molecule has 3 rings (SSSR count). The summed E-state index contributed by atoms with van der Waals surface area (Å²) in [5.41, 5.74) is 3.85. The maximum atomic E-state index is 4.79. The van der Waals surface area contributed by atoms with Crippen molar-refractivity contribution in [2.45, 2.75) is 19.8 Å². The van der Waals surface area contributed by atoms with Crippen LogP contribution in [0.15, 0.2) is 65.8 Å². The van der Waals surface area contributed by atoms with Gasteiger partial charge in [-0.1, -0.05) is 42.5 Å². The monoisotopic (exact) mass is 462 g/mol. The molecule has 5 heteroatoms. The number of nitrogens with zero attached hydrogens (tertiary/aromatic N) is 3. The molecule has 0 amide bonds. The fourth-order valence-corrected chi connectivity index (χ4v) is 3.02. The van der Waals surface area contributed by atoms with Gasteiger partial charge in [0.25, 0.3) is 0 Å². The molecule has 1 aromatic heterocycles. The first-order valence-electron chi connectivity index (χ1n) is 9.04. The number of guanidine groups is 1. The molecular weight excluding hydrogens is 435 g/mol. The first kappa shape index (κ1) is 20.4. The topological polar surface area (TPSA) is 40.5 Å². The Hall–Kier alpha value is -1.89. The average molecular weight is 462 g/mol. The molecular formula is C21H27IN4. The van der Waals surface area contributed by atoms with Crippen LogP contribution in [0.25, 0.3) is 5.57 Å². The maximum Gasteiger partial charge on any atom is 0.194 e. The van der Waals surface area contributed by atoms with Crippen LogP contribution in [0.2, 0.25) is 0 Å². The zero-order chi connectivity index (χ0) is 17.3. The molecule has 1 aliphatic heterocycles. The van der Waals surface area contributed by atoms with Crippen LogP contribution < -0.4 is 5.32 Å². The number of hydrogen-bond acceptors (Lipinski definition) is 2. The molecule has 0 unspecified atom stereocenters. The van der Waals surface area contributed by atoms with Crippen molar-refractivity contribution in [2.75, 3.05) is 26.2 Å². The van der Waals surface area contributed by atoms with Crippen molar-refractivity contribution in [3.8, 4) is 0 Å². The summed E-state index contributed by atoms with van der Waals surface area (Å²) in [5, 5.41) is 3.42. The van der Waals surface area contributed by atoms with E-state index in [9.17, 15) is 0 Å². The Labute approximate surface area is 173 Å². The van der Waals surface area contributed by atoms with E-state index in [1.165, 1.54) is 11.1 Å². The molecule has 0 bridgehead atoms. The summed E-state index contributed by atoms with van der Waals surface area (Å²) >= 11 is 0. The van der Waals surface area contributed by atoms with Crippen molar-refractivity contribution in [2.24, 2.45) is 4.99 Å². The lowest BCUT2D eigenvalue weighted by molar-refractivity contribution is 0.440. The van der Waals surface area contributed by atoms with E-state index < -0.39 is 0 Å². The Kier molecular flexibility index (Phi) is 8.61. The van der Waals surface area contributed by atoms with Gasteiger partial charge in [0.1, 0.15) is 0 Å². The molecule has 0 saturated carbocycles. The van der Waals surface area contributed by atoms with E-state index in [2.05, 4.69) is 64.6 Å². The summed E-state index contributed by atoms with van der Waals surface area (Å²) in [6.45, 7) is 5.65. The number of aliphatic imine (C=N–C) groups is 1. The van der Waals surface area contributed by atoms with Gasteiger partial charge >= 0.3 is 0 Å². The van der Waals surface area contributed by atoms with Crippen molar-refractivity contribution < 1.29 is 0 Å². The standard InChI is InChI=1S/C21H26N4.HI/c1-2-22-21(24-15-11-20-10-6-7-14-23-20)25-16-12-19(13-17-25)18-8-4-3-5-9-18;/h3-10,12,14H,2,11,13,15-17H2,1H3,(H,22,24);1H. The van der Waals surface area contributed by atoms with Crippen LogP contribution >= 0.6 is 24.0 Å². The Bertz CT molecular complexity index is 713. The Morgan fingerprint density at radius 3 is 2.62 bits per heavy atom. The molecule has 26 heavy (non-hydrogen) atoms. The number of benzene rings is 1. The van der Waals surface area contributed by atoms with E-state index in [1.54, 1.807) is 0 Å². The summed E-state index contributed by atoms with van der Waals surface area (Å²) < 4.78 is 0. The fraction of sp³-hybridized carbons (Fsp3) is 0.333. The number of nitrogens with one attached hydrogen (secondary N) is 1. The SMILES string of the molecule is CCNC(=NCCc1ccccn1)N1CC=C(c2ccccc2)CC1.I. The molecule has 0 spiro atoms. The van der Waals surface area contributed by atoms with Gasteiger partial charge in [0.15, 0.2) is 5.96 Å². The van der Waals surface area contributed by atoms with Gasteiger partial charge in [-0.25, -0.2) is 0 Å². The number of halogens is 1. The highest BCUT2D eigenvalue weighted by Gasteiger charge is 2.15. The molecule has 1 aliphatic rings. The molecule has 0 radical (unpaired) electrons. The van der Waals surface area contributed by atoms with Gasteiger partial charge in [0.05, 0.1) is 0 Å². The van der Waals surface area contributed by atoms with Crippen LogP contribution in [0.1, 0.15) is 24.6 Å². The number of pyridine rings is 1. The molecule has 0 fully saturated rings. The summed E-state index contributed by atoms with van der Waals surface area (Å²) in [6.07, 6.45) is 6.08. The van der Waals surface area contributed by atoms with E-state index in [0.29, 0.717) is 0 Å². The van der Waals surface area contributed by atoms with E-state index >= 15 is 0 Å². The lowest BCUT2D eigenvalue weighted by atomic mass is 10.00. The summed E-state index contributed by atoms with van der Waals surface area (Å²) in [5.74, 6) is 1.00. The van der Waals surface area contributed by atoms with E-state index in [4.69, 9.17) is 4.99 Å². The van der Waals surface area contributed by atoms with Gasteiger partial charge in [-0.3, -0.25) is 9.98 Å². The number of hydrogen-bond donors (Lipinski definition) is 1. The quantitative estimate of drug-likeness (QED) is 0.415. The van der Waals surface area contributed by atoms with Crippen LogP contribution in [-0.2, 0) is 6.42 Å². The highest BCUT2D eigenvalue weighted by atomic mass is 127. The molecule has 2 aromatic rings. The predicted molar refractivity (Wildman–Crippen MR) is 120 cm³/mol. The Morgan fingerprint density at radius 1 is 1.15 bits per heavy atom. The largest absolute Gasteiger partial charge is 0.357 e. The minimum Gasteiger partial charge on any atom is -0.357 e. The minimum absolute atomic E-state index is 0. The van der Waals surface area contributed by atoms with Crippen molar-refractivity contribution in [3.05, 3.63) is 72.1 Å². The van der Waals surface area contributed by atoms with Gasteiger partial charge in [0.2, 0.25) is 0 Å². The third-order valence-corrected chi connectivity index (χ3v) is 4.34. The minimum atomic E-state index is 0.